The van der Waals surface area contributed by atoms with Crippen LogP contribution < -0.4 is 5.32 Å². The van der Waals surface area contributed by atoms with Crippen molar-refractivity contribution in [2.24, 2.45) is 0 Å². The van der Waals surface area contributed by atoms with Crippen molar-refractivity contribution in [3.8, 4) is 0 Å². The monoisotopic (exact) mass is 377 g/mol. The third-order valence-corrected chi connectivity index (χ3v) is 5.91. The molecule has 8 nitrogen and oxygen atoms in total. The molecule has 2 aromatic carbocycles. The summed E-state index contributed by atoms with van der Waals surface area (Å²) >= 11 is 0. The lowest BCUT2D eigenvalue weighted by molar-refractivity contribution is -0.385. The van der Waals surface area contributed by atoms with Crippen LogP contribution in [-0.2, 0) is 10.0 Å². The van der Waals surface area contributed by atoms with Gasteiger partial charge in [-0.05, 0) is 37.6 Å². The maximum atomic E-state index is 12.5. The molecule has 0 heterocycles. The quantitative estimate of drug-likeness (QED) is 0.636. The van der Waals surface area contributed by atoms with Gasteiger partial charge in [0.25, 0.3) is 11.6 Å². The molecule has 1 N–H and O–H groups in total. The highest BCUT2D eigenvalue weighted by Gasteiger charge is 2.22. The molecule has 26 heavy (non-hydrogen) atoms. The van der Waals surface area contributed by atoms with E-state index in [1.807, 2.05) is 0 Å². The van der Waals surface area contributed by atoms with Crippen LogP contribution in [-0.4, -0.2) is 37.6 Å². The van der Waals surface area contributed by atoms with Gasteiger partial charge < -0.3 is 5.32 Å². The zero-order valence-electron chi connectivity index (χ0n) is 14.8. The van der Waals surface area contributed by atoms with Crippen LogP contribution in [0.1, 0.15) is 21.5 Å². The number of benzene rings is 2. The molecule has 9 heteroatoms. The van der Waals surface area contributed by atoms with E-state index in [1.54, 1.807) is 19.1 Å². The Hall–Kier alpha value is -2.78. The van der Waals surface area contributed by atoms with E-state index in [0.29, 0.717) is 5.56 Å². The number of nitrogens with one attached hydrogen (secondary N) is 1. The van der Waals surface area contributed by atoms with Gasteiger partial charge in [-0.3, -0.25) is 14.9 Å². The first-order valence-electron chi connectivity index (χ1n) is 7.64. The lowest BCUT2D eigenvalue weighted by atomic mass is 10.1. The van der Waals surface area contributed by atoms with Crippen LogP contribution in [0.3, 0.4) is 0 Å². The summed E-state index contributed by atoms with van der Waals surface area (Å²) in [6.45, 7) is 3.15. The van der Waals surface area contributed by atoms with Crippen molar-refractivity contribution in [2.45, 2.75) is 18.7 Å². The molecule has 2 aromatic rings. The number of carbonyl (C=O) groups is 1. The number of aryl methyl sites for hydroxylation is 1. The van der Waals surface area contributed by atoms with Crippen molar-refractivity contribution in [1.29, 1.82) is 0 Å². The zero-order valence-corrected chi connectivity index (χ0v) is 15.6. The SMILES string of the molecule is Cc1ccc(NC(=O)c2cccc([N+](=O)[O-])c2C)cc1S(=O)(=O)N(C)C. The fraction of sp³-hybridized carbons (Fsp3) is 0.235. The minimum atomic E-state index is -3.66. The minimum Gasteiger partial charge on any atom is -0.322 e. The van der Waals surface area contributed by atoms with E-state index in [4.69, 9.17) is 0 Å². The predicted molar refractivity (Wildman–Crippen MR) is 97.8 cm³/mol. The van der Waals surface area contributed by atoms with Gasteiger partial charge in [-0.2, -0.15) is 0 Å². The zero-order chi connectivity index (χ0) is 19.6. The van der Waals surface area contributed by atoms with Crippen LogP contribution in [0, 0.1) is 24.0 Å². The molecule has 0 unspecified atom stereocenters. The predicted octanol–water partition coefficient (Wildman–Crippen LogP) is 2.71. The van der Waals surface area contributed by atoms with Gasteiger partial charge in [-0.15, -0.1) is 0 Å². The Bertz CT molecular complexity index is 984. The lowest BCUT2D eigenvalue weighted by Crippen LogP contribution is -2.23. The number of nitrogens with zero attached hydrogens (tertiary/aromatic N) is 2. The topological polar surface area (TPSA) is 110 Å². The average molecular weight is 377 g/mol. The highest BCUT2D eigenvalue weighted by molar-refractivity contribution is 7.89. The van der Waals surface area contributed by atoms with E-state index in [1.165, 1.54) is 45.3 Å². The maximum Gasteiger partial charge on any atom is 0.273 e. The summed E-state index contributed by atoms with van der Waals surface area (Å²) in [6, 6.07) is 8.76. The third kappa shape index (κ3) is 3.73. The van der Waals surface area contributed by atoms with Crippen LogP contribution >= 0.6 is 0 Å². The summed E-state index contributed by atoms with van der Waals surface area (Å²) in [5.41, 5.74) is 1.06. The lowest BCUT2D eigenvalue weighted by Gasteiger charge is -2.15. The molecule has 0 saturated carbocycles. The van der Waals surface area contributed by atoms with E-state index in [2.05, 4.69) is 5.32 Å². The molecule has 0 atom stereocenters. The second-order valence-electron chi connectivity index (χ2n) is 5.93. The van der Waals surface area contributed by atoms with Gasteiger partial charge in [0.05, 0.1) is 9.82 Å². The second kappa shape index (κ2) is 7.22. The standard InChI is InChI=1S/C17H19N3O5S/c1-11-8-9-13(10-16(11)26(24,25)19(3)4)18-17(21)14-6-5-7-15(12(14)2)20(22)23/h5-10H,1-4H3,(H,18,21). The fourth-order valence-electron chi connectivity index (χ4n) is 2.42. The van der Waals surface area contributed by atoms with Crippen LogP contribution in [0.15, 0.2) is 41.3 Å². The Morgan fingerprint density at radius 3 is 2.38 bits per heavy atom. The van der Waals surface area contributed by atoms with Crippen LogP contribution in [0.4, 0.5) is 11.4 Å². The van der Waals surface area contributed by atoms with Gasteiger partial charge in [0, 0.05) is 37.0 Å². The fourth-order valence-corrected chi connectivity index (χ4v) is 3.56. The molecule has 0 spiro atoms. The molecule has 0 radical (unpaired) electrons. The Kier molecular flexibility index (Phi) is 5.43. The van der Waals surface area contributed by atoms with Crippen LogP contribution in [0.25, 0.3) is 0 Å². The van der Waals surface area contributed by atoms with Crippen LogP contribution in [0.5, 0.6) is 0 Å². The number of nitro benzene ring substituents is 1. The first-order chi connectivity index (χ1) is 12.1. The Labute approximate surface area is 151 Å². The van der Waals surface area contributed by atoms with Crippen molar-refractivity contribution in [1.82, 2.24) is 4.31 Å². The summed E-state index contributed by atoms with van der Waals surface area (Å²) in [7, 11) is -0.818. The summed E-state index contributed by atoms with van der Waals surface area (Å²) in [5.74, 6) is -0.553. The van der Waals surface area contributed by atoms with Crippen molar-refractivity contribution >= 4 is 27.3 Å². The number of hydrogen-bond donors (Lipinski definition) is 1. The van der Waals surface area contributed by atoms with Gasteiger partial charge >= 0.3 is 0 Å². The molecule has 1 amide bonds. The normalized spacial score (nSPS) is 11.4. The summed E-state index contributed by atoms with van der Waals surface area (Å²) in [4.78, 5) is 23.0. The number of rotatable bonds is 5. The summed E-state index contributed by atoms with van der Waals surface area (Å²) in [6.07, 6.45) is 0. The number of nitro groups is 1. The third-order valence-electron chi connectivity index (χ3n) is 3.95. The Morgan fingerprint density at radius 2 is 1.81 bits per heavy atom. The first-order valence-corrected chi connectivity index (χ1v) is 9.08. The maximum absolute atomic E-state index is 12.5. The van der Waals surface area contributed by atoms with Crippen LogP contribution in [0.2, 0.25) is 0 Å². The number of carbonyl (C=O) groups excluding carboxylic acids is 1. The van der Waals surface area contributed by atoms with Gasteiger partial charge in [0.1, 0.15) is 0 Å². The molecule has 0 saturated heterocycles. The molecule has 0 aromatic heterocycles. The van der Waals surface area contributed by atoms with Crippen molar-refractivity contribution in [3.05, 3.63) is 63.2 Å². The number of hydrogen-bond acceptors (Lipinski definition) is 5. The molecule has 0 aliphatic heterocycles. The minimum absolute atomic E-state index is 0.0797. The second-order valence-corrected chi connectivity index (χ2v) is 8.05. The van der Waals surface area contributed by atoms with E-state index >= 15 is 0 Å². The molecular weight excluding hydrogens is 358 g/mol. The molecule has 0 fully saturated rings. The van der Waals surface area contributed by atoms with Crippen molar-refractivity contribution < 1.29 is 18.1 Å². The Morgan fingerprint density at radius 1 is 1.15 bits per heavy atom. The highest BCUT2D eigenvalue weighted by Crippen LogP contribution is 2.25. The number of anilines is 1. The number of amides is 1. The van der Waals surface area contributed by atoms with E-state index in [0.717, 1.165) is 4.31 Å². The molecule has 0 bridgehead atoms. The van der Waals surface area contributed by atoms with E-state index in [-0.39, 0.29) is 27.4 Å². The molecule has 0 aliphatic carbocycles. The Balaban J connectivity index is 2.40. The average Bonchev–Trinajstić information content (AvgIpc) is 2.56. The number of sulfonamides is 1. The molecule has 2 rings (SSSR count). The molecule has 138 valence electrons. The van der Waals surface area contributed by atoms with Crippen molar-refractivity contribution in [2.75, 3.05) is 19.4 Å². The van der Waals surface area contributed by atoms with Gasteiger partial charge in [-0.1, -0.05) is 12.1 Å². The van der Waals surface area contributed by atoms with Gasteiger partial charge in [0.15, 0.2) is 0 Å². The highest BCUT2D eigenvalue weighted by atomic mass is 32.2. The van der Waals surface area contributed by atoms with Gasteiger partial charge in [-0.25, -0.2) is 12.7 Å². The van der Waals surface area contributed by atoms with E-state index < -0.39 is 20.9 Å². The molecular formula is C17H19N3O5S. The molecule has 0 aliphatic rings. The largest absolute Gasteiger partial charge is 0.322 e. The van der Waals surface area contributed by atoms with Gasteiger partial charge in [0.2, 0.25) is 10.0 Å². The first kappa shape index (κ1) is 19.5. The van der Waals surface area contributed by atoms with Crippen molar-refractivity contribution in [3.63, 3.8) is 0 Å². The summed E-state index contributed by atoms with van der Waals surface area (Å²) in [5, 5.41) is 13.6. The van der Waals surface area contributed by atoms with E-state index in [9.17, 15) is 23.3 Å². The summed E-state index contributed by atoms with van der Waals surface area (Å²) < 4.78 is 25.8. The smallest absolute Gasteiger partial charge is 0.273 e.